The van der Waals surface area contributed by atoms with Gasteiger partial charge in [0.05, 0.1) is 13.2 Å². The van der Waals surface area contributed by atoms with Crippen LogP contribution in [0.3, 0.4) is 0 Å². The second-order valence-corrected chi connectivity index (χ2v) is 7.69. The molecule has 5 nitrogen and oxygen atoms in total. The van der Waals surface area contributed by atoms with Crippen LogP contribution in [0.4, 0.5) is 5.69 Å². The van der Waals surface area contributed by atoms with E-state index in [9.17, 15) is 4.79 Å². The van der Waals surface area contributed by atoms with Crippen LogP contribution >= 0.6 is 0 Å². The first-order valence-corrected chi connectivity index (χ1v) is 10.6. The van der Waals surface area contributed by atoms with Gasteiger partial charge in [0.25, 0.3) is 5.91 Å². The minimum Gasteiger partial charge on any atom is -0.484 e. The van der Waals surface area contributed by atoms with Gasteiger partial charge in [-0.25, -0.2) is 0 Å². The fourth-order valence-corrected chi connectivity index (χ4v) is 3.63. The molecule has 1 amide bonds. The molecule has 0 atom stereocenters. The van der Waals surface area contributed by atoms with Crippen LogP contribution < -0.4 is 9.64 Å². The van der Waals surface area contributed by atoms with Crippen molar-refractivity contribution in [2.75, 3.05) is 44.9 Å². The Labute approximate surface area is 183 Å². The summed E-state index contributed by atoms with van der Waals surface area (Å²) in [5, 5.41) is 0. The molecule has 1 aliphatic heterocycles. The molecule has 0 saturated carbocycles. The summed E-state index contributed by atoms with van der Waals surface area (Å²) in [5.74, 6) is 0.640. The summed E-state index contributed by atoms with van der Waals surface area (Å²) in [6, 6.07) is 26.4. The lowest BCUT2D eigenvalue weighted by molar-refractivity contribution is -0.132. The van der Waals surface area contributed by atoms with Crippen LogP contribution in [0.25, 0.3) is 11.1 Å². The molecular weight excluding hydrogens is 388 g/mol. The number of morpholine rings is 1. The van der Waals surface area contributed by atoms with Crippen LogP contribution in [0.2, 0.25) is 0 Å². The van der Waals surface area contributed by atoms with Gasteiger partial charge in [-0.15, -0.1) is 0 Å². The SMILES string of the molecule is CN(Cc1ccc(N2CCOCC2)cc1)C(=O)COc1ccc(-c2ccccc2)cc1. The molecule has 0 N–H and O–H groups in total. The second-order valence-electron chi connectivity index (χ2n) is 7.69. The highest BCUT2D eigenvalue weighted by Gasteiger charge is 2.13. The largest absolute Gasteiger partial charge is 0.484 e. The van der Waals surface area contributed by atoms with Crippen molar-refractivity contribution < 1.29 is 14.3 Å². The van der Waals surface area contributed by atoms with Gasteiger partial charge in [0.15, 0.2) is 6.61 Å². The smallest absolute Gasteiger partial charge is 0.260 e. The van der Waals surface area contributed by atoms with E-state index in [0.29, 0.717) is 12.3 Å². The first kappa shape index (κ1) is 20.9. The normalized spacial score (nSPS) is 13.6. The number of rotatable bonds is 7. The number of benzene rings is 3. The number of anilines is 1. The Balaban J connectivity index is 1.26. The third-order valence-electron chi connectivity index (χ3n) is 5.48. The first-order chi connectivity index (χ1) is 15.2. The summed E-state index contributed by atoms with van der Waals surface area (Å²) in [4.78, 5) is 16.5. The molecule has 0 aliphatic carbocycles. The van der Waals surface area contributed by atoms with Crippen molar-refractivity contribution in [3.8, 4) is 16.9 Å². The Morgan fingerprint density at radius 1 is 0.903 bits per heavy atom. The molecule has 160 valence electrons. The van der Waals surface area contributed by atoms with Crippen LogP contribution in [0.1, 0.15) is 5.56 Å². The van der Waals surface area contributed by atoms with E-state index >= 15 is 0 Å². The molecule has 0 aromatic heterocycles. The van der Waals surface area contributed by atoms with E-state index in [4.69, 9.17) is 9.47 Å². The van der Waals surface area contributed by atoms with Crippen molar-refractivity contribution in [1.82, 2.24) is 4.90 Å². The molecule has 1 heterocycles. The molecule has 3 aromatic rings. The molecule has 1 fully saturated rings. The molecule has 1 aliphatic rings. The molecule has 0 unspecified atom stereocenters. The Morgan fingerprint density at radius 2 is 1.55 bits per heavy atom. The van der Waals surface area contributed by atoms with Crippen LogP contribution in [0, 0.1) is 0 Å². The van der Waals surface area contributed by atoms with Gasteiger partial charge in [0, 0.05) is 32.4 Å². The average Bonchev–Trinajstić information content (AvgIpc) is 2.84. The van der Waals surface area contributed by atoms with E-state index in [2.05, 4.69) is 41.3 Å². The van der Waals surface area contributed by atoms with Crippen LogP contribution in [0.15, 0.2) is 78.9 Å². The highest BCUT2D eigenvalue weighted by molar-refractivity contribution is 5.77. The Morgan fingerprint density at radius 3 is 2.23 bits per heavy atom. The van der Waals surface area contributed by atoms with Gasteiger partial charge in [0.2, 0.25) is 0 Å². The number of carbonyl (C=O) groups excluding carboxylic acids is 1. The third-order valence-corrected chi connectivity index (χ3v) is 5.48. The van der Waals surface area contributed by atoms with E-state index < -0.39 is 0 Å². The third kappa shape index (κ3) is 5.64. The van der Waals surface area contributed by atoms with Crippen molar-refractivity contribution in [2.45, 2.75) is 6.54 Å². The van der Waals surface area contributed by atoms with Gasteiger partial charge in [-0.1, -0.05) is 54.6 Å². The van der Waals surface area contributed by atoms with Crippen molar-refractivity contribution in [3.63, 3.8) is 0 Å². The maximum absolute atomic E-state index is 12.5. The molecule has 5 heteroatoms. The fourth-order valence-electron chi connectivity index (χ4n) is 3.63. The van der Waals surface area contributed by atoms with E-state index in [-0.39, 0.29) is 12.5 Å². The lowest BCUT2D eigenvalue weighted by atomic mass is 10.1. The highest BCUT2D eigenvalue weighted by atomic mass is 16.5. The maximum atomic E-state index is 12.5. The summed E-state index contributed by atoms with van der Waals surface area (Å²) in [6.45, 7) is 3.95. The number of ether oxygens (including phenoxy) is 2. The lowest BCUT2D eigenvalue weighted by Gasteiger charge is -2.29. The highest BCUT2D eigenvalue weighted by Crippen LogP contribution is 2.22. The van der Waals surface area contributed by atoms with Crippen LogP contribution in [-0.2, 0) is 16.1 Å². The van der Waals surface area contributed by atoms with Crippen LogP contribution in [0.5, 0.6) is 5.75 Å². The summed E-state index contributed by atoms with van der Waals surface area (Å²) in [5.41, 5.74) is 4.57. The minimum atomic E-state index is -0.0515. The summed E-state index contributed by atoms with van der Waals surface area (Å²) < 4.78 is 11.1. The van der Waals surface area contributed by atoms with Crippen molar-refractivity contribution in [1.29, 1.82) is 0 Å². The molecular formula is C26H28N2O3. The number of likely N-dealkylation sites (N-methyl/N-ethyl adjacent to an activating group) is 1. The maximum Gasteiger partial charge on any atom is 0.260 e. The topological polar surface area (TPSA) is 42.0 Å². The van der Waals surface area contributed by atoms with Gasteiger partial charge < -0.3 is 19.3 Å². The van der Waals surface area contributed by atoms with E-state index in [1.165, 1.54) is 5.69 Å². The predicted molar refractivity (Wildman–Crippen MR) is 123 cm³/mol. The first-order valence-electron chi connectivity index (χ1n) is 10.6. The van der Waals surface area contributed by atoms with Gasteiger partial charge in [-0.3, -0.25) is 4.79 Å². The predicted octanol–water partition coefficient (Wildman–Crippen LogP) is 4.23. The molecule has 0 radical (unpaired) electrons. The zero-order valence-electron chi connectivity index (χ0n) is 17.9. The Bertz CT molecular complexity index is 966. The monoisotopic (exact) mass is 416 g/mol. The molecule has 4 rings (SSSR count). The average molecular weight is 417 g/mol. The van der Waals surface area contributed by atoms with E-state index in [0.717, 1.165) is 43.0 Å². The number of carbonyl (C=O) groups is 1. The zero-order valence-corrected chi connectivity index (χ0v) is 17.9. The quantitative estimate of drug-likeness (QED) is 0.578. The molecule has 3 aromatic carbocycles. The van der Waals surface area contributed by atoms with Crippen molar-refractivity contribution in [2.24, 2.45) is 0 Å². The standard InChI is InChI=1S/C26H28N2O3/c1-27(19-21-7-11-24(12-8-21)28-15-17-30-18-16-28)26(29)20-31-25-13-9-23(10-14-25)22-5-3-2-4-6-22/h2-14H,15-20H2,1H3. The molecule has 1 saturated heterocycles. The fraction of sp³-hybridized carbons (Fsp3) is 0.269. The number of hydrogen-bond acceptors (Lipinski definition) is 4. The van der Waals surface area contributed by atoms with Gasteiger partial charge in [-0.05, 0) is 41.0 Å². The Kier molecular flexibility index (Phi) is 6.85. The minimum absolute atomic E-state index is 0.0209. The van der Waals surface area contributed by atoms with Gasteiger partial charge in [0.1, 0.15) is 5.75 Å². The summed E-state index contributed by atoms with van der Waals surface area (Å²) in [7, 11) is 1.81. The summed E-state index contributed by atoms with van der Waals surface area (Å²) in [6.07, 6.45) is 0. The molecule has 0 bridgehead atoms. The Hall–Kier alpha value is -3.31. The molecule has 0 spiro atoms. The summed E-state index contributed by atoms with van der Waals surface area (Å²) >= 11 is 0. The number of nitrogens with zero attached hydrogens (tertiary/aromatic N) is 2. The lowest BCUT2D eigenvalue weighted by Crippen LogP contribution is -2.36. The van der Waals surface area contributed by atoms with E-state index in [1.54, 1.807) is 11.9 Å². The zero-order chi connectivity index (χ0) is 21.5. The number of amides is 1. The second kappa shape index (κ2) is 10.1. The van der Waals surface area contributed by atoms with E-state index in [1.807, 2.05) is 42.5 Å². The van der Waals surface area contributed by atoms with Crippen molar-refractivity contribution in [3.05, 3.63) is 84.4 Å². The van der Waals surface area contributed by atoms with Crippen LogP contribution in [-0.4, -0.2) is 50.8 Å². The molecule has 31 heavy (non-hydrogen) atoms. The van der Waals surface area contributed by atoms with Gasteiger partial charge in [-0.2, -0.15) is 0 Å². The number of hydrogen-bond donors (Lipinski definition) is 0. The van der Waals surface area contributed by atoms with Gasteiger partial charge >= 0.3 is 0 Å². The van der Waals surface area contributed by atoms with Crippen molar-refractivity contribution >= 4 is 11.6 Å².